The molecule has 0 radical (unpaired) electrons. The average Bonchev–Trinajstić information content (AvgIpc) is 2.93. The molecule has 0 unspecified atom stereocenters. The Bertz CT molecular complexity index is 1280. The number of pyridine rings is 2. The van der Waals surface area contributed by atoms with Crippen LogP contribution in [0.25, 0.3) is 0 Å². The van der Waals surface area contributed by atoms with Crippen molar-refractivity contribution in [2.45, 2.75) is 39.0 Å². The highest BCUT2D eigenvalue weighted by Crippen LogP contribution is 2.13. The van der Waals surface area contributed by atoms with E-state index in [1.54, 1.807) is 0 Å². The lowest BCUT2D eigenvalue weighted by atomic mass is 10.1. The monoisotopic (exact) mass is 538 g/mol. The largest absolute Gasteiger partial charge is 0.480 e. The zero-order chi connectivity index (χ0) is 28.2. The van der Waals surface area contributed by atoms with Gasteiger partial charge in [-0.15, -0.1) is 0 Å². The molecule has 2 heterocycles. The van der Waals surface area contributed by atoms with Crippen LogP contribution in [-0.4, -0.2) is 55.0 Å². The number of nitrogens with zero attached hydrogens (tertiary/aromatic N) is 4. The first kappa shape index (κ1) is 28.6. The lowest BCUT2D eigenvalue weighted by Gasteiger charge is -2.20. The van der Waals surface area contributed by atoms with Crippen LogP contribution >= 0.6 is 0 Å². The fraction of sp³-hybridized carbons (Fsp3) is 0.250. The van der Waals surface area contributed by atoms with Crippen LogP contribution in [0.1, 0.15) is 33.9 Å². The summed E-state index contributed by atoms with van der Waals surface area (Å²) < 4.78 is 0. The second-order valence-electron chi connectivity index (χ2n) is 9.79. The van der Waals surface area contributed by atoms with Gasteiger partial charge in [-0.05, 0) is 48.2 Å². The molecule has 0 saturated carbocycles. The number of aromatic nitrogens is 2. The number of hydrogen-bond acceptors (Lipinski definition) is 6. The summed E-state index contributed by atoms with van der Waals surface area (Å²) in [5, 5.41) is 18.8. The first-order chi connectivity index (χ1) is 19.4. The Morgan fingerprint density at radius 3 is 1.25 bits per heavy atom. The van der Waals surface area contributed by atoms with E-state index in [-0.39, 0.29) is 13.1 Å². The molecular formula is C32H34N4O4. The fourth-order valence-electron chi connectivity index (χ4n) is 4.63. The smallest absolute Gasteiger partial charge is 0.317 e. The molecule has 0 bridgehead atoms. The zero-order valence-electron chi connectivity index (χ0n) is 22.4. The molecule has 2 aromatic heterocycles. The van der Waals surface area contributed by atoms with Crippen LogP contribution in [0.15, 0.2) is 97.1 Å². The minimum absolute atomic E-state index is 0.0688. The molecule has 0 aliphatic rings. The normalized spacial score (nSPS) is 11.2. The molecule has 4 rings (SSSR count). The predicted octanol–water partition coefficient (Wildman–Crippen LogP) is 4.44. The van der Waals surface area contributed by atoms with E-state index < -0.39 is 11.9 Å². The van der Waals surface area contributed by atoms with Gasteiger partial charge in [0.1, 0.15) is 0 Å². The van der Waals surface area contributed by atoms with E-state index in [0.29, 0.717) is 39.0 Å². The van der Waals surface area contributed by atoms with Gasteiger partial charge in [0.15, 0.2) is 0 Å². The summed E-state index contributed by atoms with van der Waals surface area (Å²) in [6, 6.07) is 31.3. The Kier molecular flexibility index (Phi) is 10.5. The quantitative estimate of drug-likeness (QED) is 0.229. The summed E-state index contributed by atoms with van der Waals surface area (Å²) in [5.74, 6) is -1.74. The highest BCUT2D eigenvalue weighted by molar-refractivity contribution is 5.69. The van der Waals surface area contributed by atoms with E-state index in [1.807, 2.05) is 107 Å². The zero-order valence-corrected chi connectivity index (χ0v) is 22.4. The first-order valence-electron chi connectivity index (χ1n) is 13.3. The van der Waals surface area contributed by atoms with Crippen LogP contribution in [0.4, 0.5) is 0 Å². The lowest BCUT2D eigenvalue weighted by molar-refractivity contribution is -0.139. The Hall–Kier alpha value is -4.40. The summed E-state index contributed by atoms with van der Waals surface area (Å²) in [5.41, 5.74) is 5.57. The minimum Gasteiger partial charge on any atom is -0.480 e. The van der Waals surface area contributed by atoms with E-state index in [4.69, 9.17) is 9.97 Å². The SMILES string of the molecule is O=C(O)CN(Cc1ccccc1)Cc1cccc(CCc2cccc(CN(CC(=O)O)Cc3ccccc3)n2)n1. The number of hydrogen-bond donors (Lipinski definition) is 2. The molecule has 0 saturated heterocycles. The predicted molar refractivity (Wildman–Crippen MR) is 152 cm³/mol. The summed E-state index contributed by atoms with van der Waals surface area (Å²) in [6.07, 6.45) is 1.37. The van der Waals surface area contributed by atoms with Crippen molar-refractivity contribution in [2.24, 2.45) is 0 Å². The van der Waals surface area contributed by atoms with E-state index >= 15 is 0 Å². The van der Waals surface area contributed by atoms with Gasteiger partial charge in [0, 0.05) is 37.6 Å². The number of rotatable bonds is 15. The van der Waals surface area contributed by atoms with Crippen LogP contribution in [0.2, 0.25) is 0 Å². The highest BCUT2D eigenvalue weighted by atomic mass is 16.4. The van der Waals surface area contributed by atoms with Crippen molar-refractivity contribution in [1.29, 1.82) is 0 Å². The van der Waals surface area contributed by atoms with E-state index in [0.717, 1.165) is 33.9 Å². The van der Waals surface area contributed by atoms with E-state index in [1.165, 1.54) is 0 Å². The number of carboxylic acids is 2. The van der Waals surface area contributed by atoms with Gasteiger partial charge in [0.25, 0.3) is 0 Å². The molecule has 0 aliphatic heterocycles. The van der Waals surface area contributed by atoms with Gasteiger partial charge in [-0.1, -0.05) is 72.8 Å². The molecule has 8 nitrogen and oxygen atoms in total. The summed E-state index contributed by atoms with van der Waals surface area (Å²) in [6.45, 7) is 1.78. The molecular weight excluding hydrogens is 504 g/mol. The highest BCUT2D eigenvalue weighted by Gasteiger charge is 2.14. The maximum absolute atomic E-state index is 11.5. The number of benzene rings is 2. The third-order valence-electron chi connectivity index (χ3n) is 6.35. The second-order valence-corrected chi connectivity index (χ2v) is 9.79. The van der Waals surface area contributed by atoms with Crippen LogP contribution in [0.3, 0.4) is 0 Å². The van der Waals surface area contributed by atoms with Crippen molar-refractivity contribution in [1.82, 2.24) is 19.8 Å². The lowest BCUT2D eigenvalue weighted by Crippen LogP contribution is -2.29. The second kappa shape index (κ2) is 14.7. The molecule has 4 aromatic rings. The molecule has 2 aromatic carbocycles. The van der Waals surface area contributed by atoms with Gasteiger partial charge in [0.05, 0.1) is 24.5 Å². The molecule has 0 aliphatic carbocycles. The summed E-state index contributed by atoms with van der Waals surface area (Å²) in [7, 11) is 0. The molecule has 0 fully saturated rings. The van der Waals surface area contributed by atoms with Crippen LogP contribution in [0.5, 0.6) is 0 Å². The topological polar surface area (TPSA) is 107 Å². The Balaban J connectivity index is 1.37. The molecule has 206 valence electrons. The molecule has 8 heteroatoms. The number of aliphatic carboxylic acids is 2. The van der Waals surface area contributed by atoms with Crippen LogP contribution < -0.4 is 0 Å². The number of carboxylic acid groups (broad SMARTS) is 2. The van der Waals surface area contributed by atoms with Crippen LogP contribution in [0, 0.1) is 0 Å². The van der Waals surface area contributed by atoms with Gasteiger partial charge in [-0.2, -0.15) is 0 Å². The standard InChI is InChI=1S/C32H34N4O4/c37-31(38)23-35(19-25-9-3-1-4-10-25)21-29-15-7-13-27(33-29)17-18-28-14-8-16-30(34-28)22-36(24-32(39)40)20-26-11-5-2-6-12-26/h1-16H,17-24H2,(H,37,38)(H,39,40). The van der Waals surface area contributed by atoms with Gasteiger partial charge >= 0.3 is 11.9 Å². The van der Waals surface area contributed by atoms with Crippen molar-refractivity contribution in [3.63, 3.8) is 0 Å². The van der Waals surface area contributed by atoms with Crippen molar-refractivity contribution < 1.29 is 19.8 Å². The summed E-state index contributed by atoms with van der Waals surface area (Å²) in [4.78, 5) is 36.2. The third kappa shape index (κ3) is 9.72. The van der Waals surface area contributed by atoms with Crippen molar-refractivity contribution >= 4 is 11.9 Å². The van der Waals surface area contributed by atoms with E-state index in [9.17, 15) is 19.8 Å². The average molecular weight is 539 g/mol. The molecule has 2 N–H and O–H groups in total. The van der Waals surface area contributed by atoms with Crippen LogP contribution in [-0.2, 0) is 48.6 Å². The van der Waals surface area contributed by atoms with Crippen molar-refractivity contribution in [3.8, 4) is 0 Å². The molecule has 0 atom stereocenters. The van der Waals surface area contributed by atoms with Gasteiger partial charge in [-0.3, -0.25) is 29.4 Å². The van der Waals surface area contributed by atoms with Gasteiger partial charge in [0.2, 0.25) is 0 Å². The van der Waals surface area contributed by atoms with Gasteiger partial charge in [-0.25, -0.2) is 0 Å². The van der Waals surface area contributed by atoms with Crippen molar-refractivity contribution in [3.05, 3.63) is 131 Å². The maximum atomic E-state index is 11.5. The minimum atomic E-state index is -0.872. The van der Waals surface area contributed by atoms with Crippen molar-refractivity contribution in [2.75, 3.05) is 13.1 Å². The van der Waals surface area contributed by atoms with E-state index in [2.05, 4.69) is 0 Å². The third-order valence-corrected chi connectivity index (χ3v) is 6.35. The maximum Gasteiger partial charge on any atom is 0.317 e. The Morgan fingerprint density at radius 1 is 0.500 bits per heavy atom. The molecule has 0 amide bonds. The summed E-state index contributed by atoms with van der Waals surface area (Å²) >= 11 is 0. The number of aryl methyl sites for hydroxylation is 2. The first-order valence-corrected chi connectivity index (χ1v) is 13.3. The Morgan fingerprint density at radius 2 is 0.875 bits per heavy atom. The molecule has 40 heavy (non-hydrogen) atoms. The molecule has 0 spiro atoms. The van der Waals surface area contributed by atoms with Gasteiger partial charge < -0.3 is 10.2 Å². The fourth-order valence-corrected chi connectivity index (χ4v) is 4.63. The Labute approximate surface area is 234 Å². The number of carbonyl (C=O) groups is 2.